The van der Waals surface area contributed by atoms with Crippen LogP contribution in [0.1, 0.15) is 42.5 Å². The minimum Gasteiger partial charge on any atom is -0.495 e. The van der Waals surface area contributed by atoms with E-state index in [0.29, 0.717) is 42.1 Å². The number of nitrogens with zero attached hydrogens (tertiary/aromatic N) is 3. The maximum absolute atomic E-state index is 13.5. The molecule has 0 bridgehead atoms. The summed E-state index contributed by atoms with van der Waals surface area (Å²) in [5, 5.41) is 8.44. The van der Waals surface area contributed by atoms with Gasteiger partial charge in [-0.25, -0.2) is 4.99 Å². The van der Waals surface area contributed by atoms with E-state index in [1.807, 2.05) is 6.07 Å². The van der Waals surface area contributed by atoms with Crippen LogP contribution in [0.15, 0.2) is 53.5 Å². The Morgan fingerprint density at radius 2 is 1.79 bits per heavy atom. The first-order chi connectivity index (χ1) is 19.0. The van der Waals surface area contributed by atoms with Crippen molar-refractivity contribution in [2.75, 3.05) is 43.9 Å². The maximum Gasteiger partial charge on any atom is 0.257 e. The van der Waals surface area contributed by atoms with Crippen molar-refractivity contribution in [2.45, 2.75) is 38.1 Å². The van der Waals surface area contributed by atoms with E-state index in [9.17, 15) is 19.2 Å². The van der Waals surface area contributed by atoms with Gasteiger partial charge in [-0.1, -0.05) is 18.2 Å². The molecule has 11 heteroatoms. The van der Waals surface area contributed by atoms with Crippen LogP contribution in [-0.4, -0.2) is 79.2 Å². The van der Waals surface area contributed by atoms with E-state index < -0.39 is 11.9 Å². The lowest BCUT2D eigenvalue weighted by molar-refractivity contribution is -0.140. The molecule has 0 aromatic heterocycles. The minimum absolute atomic E-state index is 0.0309. The summed E-state index contributed by atoms with van der Waals surface area (Å²) in [7, 11) is 1.49. The molecule has 1 unspecified atom stereocenters. The Morgan fingerprint density at radius 3 is 2.51 bits per heavy atom. The number of nitrogens with one attached hydrogen (secondary N) is 3. The molecule has 2 aliphatic heterocycles. The molecule has 2 aliphatic rings. The molecule has 0 spiro atoms. The number of ether oxygens (including phenoxy) is 1. The fourth-order valence-corrected chi connectivity index (χ4v) is 4.71. The van der Waals surface area contributed by atoms with Crippen molar-refractivity contribution in [2.24, 2.45) is 4.99 Å². The van der Waals surface area contributed by atoms with Gasteiger partial charge in [0.25, 0.3) is 5.91 Å². The van der Waals surface area contributed by atoms with Gasteiger partial charge in [-0.05, 0) is 62.4 Å². The topological polar surface area (TPSA) is 132 Å². The van der Waals surface area contributed by atoms with E-state index in [4.69, 9.17) is 4.74 Å². The predicted molar refractivity (Wildman–Crippen MR) is 148 cm³/mol. The van der Waals surface area contributed by atoms with Gasteiger partial charge in [-0.15, -0.1) is 0 Å². The molecule has 206 valence electrons. The van der Waals surface area contributed by atoms with Crippen molar-refractivity contribution in [1.82, 2.24) is 15.1 Å². The molecule has 2 aromatic carbocycles. The number of methoxy groups -OCH3 is 1. The zero-order valence-electron chi connectivity index (χ0n) is 22.0. The average Bonchev–Trinajstić information content (AvgIpc) is 3.44. The summed E-state index contributed by atoms with van der Waals surface area (Å²) >= 11 is 0. The summed E-state index contributed by atoms with van der Waals surface area (Å²) < 4.78 is 5.28. The molecular formula is C28H34N6O5. The number of hydrogen-bond acceptors (Lipinski definition) is 6. The average molecular weight is 535 g/mol. The molecule has 2 saturated heterocycles. The molecule has 11 nitrogen and oxygen atoms in total. The van der Waals surface area contributed by atoms with Gasteiger partial charge in [-0.3, -0.25) is 24.5 Å². The van der Waals surface area contributed by atoms with E-state index in [1.165, 1.54) is 7.11 Å². The second-order valence-electron chi connectivity index (χ2n) is 9.46. The number of carbonyl (C=O) groups is 4. The second kappa shape index (κ2) is 13.4. The van der Waals surface area contributed by atoms with Gasteiger partial charge < -0.3 is 25.2 Å². The number of aliphatic imine (C=N–C) groups is 1. The van der Waals surface area contributed by atoms with Gasteiger partial charge >= 0.3 is 0 Å². The van der Waals surface area contributed by atoms with Gasteiger partial charge in [0.15, 0.2) is 0 Å². The first kappa shape index (κ1) is 27.6. The van der Waals surface area contributed by atoms with Crippen molar-refractivity contribution in [3.8, 4) is 5.75 Å². The summed E-state index contributed by atoms with van der Waals surface area (Å²) in [6.45, 7) is 1.97. The van der Waals surface area contributed by atoms with E-state index in [0.717, 1.165) is 38.8 Å². The number of rotatable bonds is 8. The summed E-state index contributed by atoms with van der Waals surface area (Å²) in [5.41, 5.74) is 1.35. The van der Waals surface area contributed by atoms with Crippen LogP contribution in [0.5, 0.6) is 5.75 Å². The number of amides is 4. The Labute approximate surface area is 227 Å². The smallest absolute Gasteiger partial charge is 0.257 e. The zero-order chi connectivity index (χ0) is 27.6. The Balaban J connectivity index is 1.59. The highest BCUT2D eigenvalue weighted by atomic mass is 16.5. The third-order valence-corrected chi connectivity index (χ3v) is 6.77. The lowest BCUT2D eigenvalue weighted by Gasteiger charge is -2.25. The van der Waals surface area contributed by atoms with Crippen LogP contribution in [0.3, 0.4) is 0 Å². The summed E-state index contributed by atoms with van der Waals surface area (Å²) in [6, 6.07) is 12.9. The molecule has 2 fully saturated rings. The van der Waals surface area contributed by atoms with Gasteiger partial charge in [0.2, 0.25) is 24.2 Å². The second-order valence-corrected chi connectivity index (χ2v) is 9.46. The molecule has 4 rings (SSSR count). The number of likely N-dealkylation sites (tertiary alicyclic amines) is 2. The highest BCUT2D eigenvalue weighted by Gasteiger charge is 2.30. The van der Waals surface area contributed by atoms with Gasteiger partial charge in [0.1, 0.15) is 11.8 Å². The van der Waals surface area contributed by atoms with Crippen molar-refractivity contribution >= 4 is 41.5 Å². The Kier molecular flexibility index (Phi) is 9.49. The molecule has 0 saturated carbocycles. The third-order valence-electron chi connectivity index (χ3n) is 6.77. The van der Waals surface area contributed by atoms with Crippen LogP contribution in [0.2, 0.25) is 0 Å². The van der Waals surface area contributed by atoms with E-state index in [1.54, 1.807) is 52.3 Å². The lowest BCUT2D eigenvalue weighted by Crippen LogP contribution is -2.45. The van der Waals surface area contributed by atoms with Crippen molar-refractivity contribution < 1.29 is 23.9 Å². The number of benzene rings is 2. The summed E-state index contributed by atoms with van der Waals surface area (Å²) in [6.07, 6.45) is 4.51. The van der Waals surface area contributed by atoms with E-state index >= 15 is 0 Å². The van der Waals surface area contributed by atoms with E-state index in [2.05, 4.69) is 20.9 Å². The molecule has 39 heavy (non-hydrogen) atoms. The first-order valence-electron chi connectivity index (χ1n) is 13.1. The standard InChI is InChI=1S/C28H34N6O5/c1-39-24-13-12-21(17-23(24)29-19-35)30-28(32-26(37)20-9-3-2-4-10-20)31-22-11-5-6-16-34(27(22)38)18-25(36)33-14-7-8-15-33/h2-4,9-10,12-13,17,19,22H,5-8,11,14-16,18H2,1H3,(H,29,35)(H2,30,31,32,37). The largest absolute Gasteiger partial charge is 0.495 e. The summed E-state index contributed by atoms with van der Waals surface area (Å²) in [5.74, 6) is -0.154. The first-order valence-corrected chi connectivity index (χ1v) is 13.1. The van der Waals surface area contributed by atoms with Crippen LogP contribution in [-0.2, 0) is 14.4 Å². The monoisotopic (exact) mass is 534 g/mol. The zero-order valence-corrected chi connectivity index (χ0v) is 22.0. The predicted octanol–water partition coefficient (Wildman–Crippen LogP) is 2.46. The Hall–Kier alpha value is -4.41. The number of carbonyl (C=O) groups excluding carboxylic acids is 4. The Bertz CT molecular complexity index is 1210. The number of guanidine groups is 1. The maximum atomic E-state index is 13.5. The van der Waals surface area contributed by atoms with Gasteiger partial charge in [0, 0.05) is 30.9 Å². The molecular weight excluding hydrogens is 500 g/mol. The SMILES string of the molecule is COc1ccc(NC(=NC2CCCCN(CC(=O)N3CCCC3)C2=O)NC(=O)c2ccccc2)cc1NC=O. The number of anilines is 2. The Morgan fingerprint density at radius 1 is 1.05 bits per heavy atom. The quantitative estimate of drug-likeness (QED) is 0.271. The molecule has 0 aliphatic carbocycles. The fraction of sp³-hybridized carbons (Fsp3) is 0.393. The molecule has 2 aromatic rings. The molecule has 3 N–H and O–H groups in total. The molecule has 2 heterocycles. The lowest BCUT2D eigenvalue weighted by atomic mass is 10.1. The summed E-state index contributed by atoms with van der Waals surface area (Å²) in [4.78, 5) is 58.4. The molecule has 4 amide bonds. The normalized spacial score (nSPS) is 17.8. The van der Waals surface area contributed by atoms with Crippen LogP contribution in [0.4, 0.5) is 11.4 Å². The van der Waals surface area contributed by atoms with Crippen LogP contribution >= 0.6 is 0 Å². The van der Waals surface area contributed by atoms with E-state index in [-0.39, 0.29) is 24.3 Å². The highest BCUT2D eigenvalue weighted by Crippen LogP contribution is 2.27. The van der Waals surface area contributed by atoms with Crippen molar-refractivity contribution in [3.63, 3.8) is 0 Å². The highest BCUT2D eigenvalue weighted by molar-refractivity contribution is 6.10. The van der Waals surface area contributed by atoms with Crippen LogP contribution < -0.4 is 20.7 Å². The van der Waals surface area contributed by atoms with Crippen molar-refractivity contribution in [1.29, 1.82) is 0 Å². The molecule has 0 radical (unpaired) electrons. The van der Waals surface area contributed by atoms with Crippen LogP contribution in [0.25, 0.3) is 0 Å². The van der Waals surface area contributed by atoms with Gasteiger partial charge in [0.05, 0.1) is 19.3 Å². The number of hydrogen-bond donors (Lipinski definition) is 3. The fourth-order valence-electron chi connectivity index (χ4n) is 4.71. The third kappa shape index (κ3) is 7.34. The van der Waals surface area contributed by atoms with Gasteiger partial charge in [-0.2, -0.15) is 0 Å². The van der Waals surface area contributed by atoms with Crippen LogP contribution in [0, 0.1) is 0 Å². The molecule has 1 atom stereocenters. The van der Waals surface area contributed by atoms with Crippen molar-refractivity contribution in [3.05, 3.63) is 54.1 Å². The minimum atomic E-state index is -0.775.